The van der Waals surface area contributed by atoms with Crippen molar-refractivity contribution in [1.82, 2.24) is 0 Å². The molecule has 1 heterocycles. The van der Waals surface area contributed by atoms with E-state index in [1.807, 2.05) is 24.3 Å². The van der Waals surface area contributed by atoms with Gasteiger partial charge in [0.25, 0.3) is 0 Å². The third-order valence-electron chi connectivity index (χ3n) is 4.14. The van der Waals surface area contributed by atoms with Crippen molar-refractivity contribution in [3.63, 3.8) is 0 Å². The lowest BCUT2D eigenvalue weighted by molar-refractivity contribution is 0.0855. The summed E-state index contributed by atoms with van der Waals surface area (Å²) >= 11 is 0. The lowest BCUT2D eigenvalue weighted by Gasteiger charge is -2.33. The molecular formula is C17H18N2O. The summed E-state index contributed by atoms with van der Waals surface area (Å²) in [4.78, 5) is 2.34. The predicted octanol–water partition coefficient (Wildman–Crippen LogP) is 3.33. The molecule has 0 atom stereocenters. The van der Waals surface area contributed by atoms with Gasteiger partial charge >= 0.3 is 0 Å². The first-order valence-electron chi connectivity index (χ1n) is 7.03. The van der Waals surface area contributed by atoms with Gasteiger partial charge in [0.2, 0.25) is 0 Å². The third kappa shape index (κ3) is 2.23. The van der Waals surface area contributed by atoms with Crippen LogP contribution in [0.2, 0.25) is 0 Å². The van der Waals surface area contributed by atoms with Crippen molar-refractivity contribution in [2.45, 2.75) is 18.9 Å². The third-order valence-corrected chi connectivity index (χ3v) is 4.14. The standard InChI is InChI=1S/C17H18N2O/c1-19(14-8-10-20-11-9-14)17-7-6-13(12-18)15-4-2-3-5-16(15)17/h2-7,14H,8-11H2,1H3. The Morgan fingerprint density at radius 2 is 1.80 bits per heavy atom. The van der Waals surface area contributed by atoms with Crippen molar-refractivity contribution >= 4 is 16.5 Å². The molecule has 0 bridgehead atoms. The second-order valence-corrected chi connectivity index (χ2v) is 5.24. The fourth-order valence-electron chi connectivity index (χ4n) is 2.96. The zero-order valence-corrected chi connectivity index (χ0v) is 11.7. The molecule has 1 saturated heterocycles. The molecule has 1 aliphatic heterocycles. The van der Waals surface area contributed by atoms with Crippen LogP contribution < -0.4 is 4.90 Å². The van der Waals surface area contributed by atoms with Crippen LogP contribution in [-0.4, -0.2) is 26.3 Å². The summed E-state index contributed by atoms with van der Waals surface area (Å²) < 4.78 is 5.44. The minimum Gasteiger partial charge on any atom is -0.381 e. The van der Waals surface area contributed by atoms with E-state index in [1.54, 1.807) is 0 Å². The minimum atomic E-state index is 0.514. The van der Waals surface area contributed by atoms with Crippen molar-refractivity contribution < 1.29 is 4.74 Å². The molecule has 3 heteroatoms. The van der Waals surface area contributed by atoms with Gasteiger partial charge in [-0.3, -0.25) is 0 Å². The molecule has 3 rings (SSSR count). The fraction of sp³-hybridized carbons (Fsp3) is 0.353. The van der Waals surface area contributed by atoms with E-state index in [9.17, 15) is 5.26 Å². The molecule has 1 fully saturated rings. The molecule has 0 saturated carbocycles. The van der Waals surface area contributed by atoms with E-state index in [-0.39, 0.29) is 0 Å². The Kier molecular flexibility index (Phi) is 3.58. The van der Waals surface area contributed by atoms with Crippen LogP contribution >= 0.6 is 0 Å². The maximum atomic E-state index is 9.23. The number of nitrogens with zero attached hydrogens (tertiary/aromatic N) is 2. The molecule has 3 nitrogen and oxygen atoms in total. The molecule has 0 N–H and O–H groups in total. The van der Waals surface area contributed by atoms with Crippen molar-refractivity contribution in [1.29, 1.82) is 5.26 Å². The summed E-state index contributed by atoms with van der Waals surface area (Å²) in [5, 5.41) is 11.4. The highest BCUT2D eigenvalue weighted by Gasteiger charge is 2.20. The minimum absolute atomic E-state index is 0.514. The molecule has 0 aliphatic carbocycles. The second-order valence-electron chi connectivity index (χ2n) is 5.24. The van der Waals surface area contributed by atoms with Crippen LogP contribution in [0.15, 0.2) is 36.4 Å². The van der Waals surface area contributed by atoms with Crippen molar-refractivity contribution in [2.24, 2.45) is 0 Å². The van der Waals surface area contributed by atoms with Crippen molar-refractivity contribution in [3.05, 3.63) is 42.0 Å². The van der Waals surface area contributed by atoms with Gasteiger partial charge in [0.1, 0.15) is 0 Å². The van der Waals surface area contributed by atoms with Gasteiger partial charge in [0.05, 0.1) is 11.6 Å². The fourth-order valence-corrected chi connectivity index (χ4v) is 2.96. The summed E-state index contributed by atoms with van der Waals surface area (Å²) in [6.07, 6.45) is 2.12. The summed E-state index contributed by atoms with van der Waals surface area (Å²) in [5.41, 5.74) is 1.94. The number of ether oxygens (including phenoxy) is 1. The number of nitriles is 1. The van der Waals surface area contributed by atoms with Crippen LogP contribution in [0.4, 0.5) is 5.69 Å². The van der Waals surface area contributed by atoms with Crippen LogP contribution in [0.5, 0.6) is 0 Å². The number of anilines is 1. The Labute approximate surface area is 119 Å². The maximum absolute atomic E-state index is 9.23. The highest BCUT2D eigenvalue weighted by Crippen LogP contribution is 2.31. The zero-order valence-electron chi connectivity index (χ0n) is 11.7. The Balaban J connectivity index is 2.05. The number of hydrogen-bond acceptors (Lipinski definition) is 3. The Hall–Kier alpha value is -2.05. The number of benzene rings is 2. The average Bonchev–Trinajstić information content (AvgIpc) is 2.54. The molecule has 0 aromatic heterocycles. The van der Waals surface area contributed by atoms with Crippen LogP contribution in [0.3, 0.4) is 0 Å². The Bertz CT molecular complexity index is 654. The summed E-state index contributed by atoms with van der Waals surface area (Å²) in [7, 11) is 2.14. The average molecular weight is 266 g/mol. The van der Waals surface area contributed by atoms with Crippen LogP contribution in [0, 0.1) is 11.3 Å². The van der Waals surface area contributed by atoms with E-state index in [2.05, 4.69) is 30.1 Å². The van der Waals surface area contributed by atoms with Crippen LogP contribution in [-0.2, 0) is 4.74 Å². The van der Waals surface area contributed by atoms with Crippen molar-refractivity contribution in [3.8, 4) is 6.07 Å². The van der Waals surface area contributed by atoms with Gasteiger partial charge in [0, 0.05) is 42.8 Å². The van der Waals surface area contributed by atoms with E-state index in [4.69, 9.17) is 4.74 Å². The largest absolute Gasteiger partial charge is 0.381 e. The number of hydrogen-bond donors (Lipinski definition) is 0. The highest BCUT2D eigenvalue weighted by atomic mass is 16.5. The molecular weight excluding hydrogens is 248 g/mol. The van der Waals surface area contributed by atoms with Gasteiger partial charge in [-0.15, -0.1) is 0 Å². The maximum Gasteiger partial charge on any atom is 0.0998 e. The summed E-state index contributed by atoms with van der Waals surface area (Å²) in [5.74, 6) is 0. The van der Waals surface area contributed by atoms with E-state index in [1.165, 1.54) is 5.69 Å². The van der Waals surface area contributed by atoms with E-state index in [0.717, 1.165) is 42.4 Å². The smallest absolute Gasteiger partial charge is 0.0998 e. The Morgan fingerprint density at radius 1 is 1.10 bits per heavy atom. The van der Waals surface area contributed by atoms with Crippen LogP contribution in [0.25, 0.3) is 10.8 Å². The first-order valence-corrected chi connectivity index (χ1v) is 7.03. The number of fused-ring (bicyclic) bond motifs is 1. The van der Waals surface area contributed by atoms with Gasteiger partial charge in [-0.2, -0.15) is 5.26 Å². The van der Waals surface area contributed by atoms with Gasteiger partial charge in [-0.05, 0) is 25.0 Å². The molecule has 102 valence electrons. The first-order chi connectivity index (χ1) is 9.81. The van der Waals surface area contributed by atoms with E-state index in [0.29, 0.717) is 6.04 Å². The van der Waals surface area contributed by atoms with Crippen LogP contribution in [0.1, 0.15) is 18.4 Å². The van der Waals surface area contributed by atoms with Gasteiger partial charge in [0.15, 0.2) is 0 Å². The molecule has 0 amide bonds. The van der Waals surface area contributed by atoms with Gasteiger partial charge in [-0.25, -0.2) is 0 Å². The molecule has 0 spiro atoms. The normalized spacial score (nSPS) is 16.0. The van der Waals surface area contributed by atoms with Gasteiger partial charge < -0.3 is 9.64 Å². The highest BCUT2D eigenvalue weighted by molar-refractivity contribution is 5.97. The zero-order chi connectivity index (χ0) is 13.9. The SMILES string of the molecule is CN(c1ccc(C#N)c2ccccc12)C1CCOCC1. The lowest BCUT2D eigenvalue weighted by atomic mass is 10.0. The van der Waals surface area contributed by atoms with E-state index < -0.39 is 0 Å². The summed E-state index contributed by atoms with van der Waals surface area (Å²) in [6.45, 7) is 1.67. The first kappa shape index (κ1) is 13.0. The quantitative estimate of drug-likeness (QED) is 0.836. The van der Waals surface area contributed by atoms with Gasteiger partial charge in [-0.1, -0.05) is 24.3 Å². The molecule has 1 aliphatic rings. The molecule has 2 aromatic rings. The van der Waals surface area contributed by atoms with E-state index >= 15 is 0 Å². The molecule has 0 radical (unpaired) electrons. The lowest BCUT2D eigenvalue weighted by Crippen LogP contribution is -2.36. The Morgan fingerprint density at radius 3 is 2.50 bits per heavy atom. The van der Waals surface area contributed by atoms with Crippen molar-refractivity contribution in [2.75, 3.05) is 25.2 Å². The second kappa shape index (κ2) is 5.52. The number of rotatable bonds is 2. The molecule has 2 aromatic carbocycles. The predicted molar refractivity (Wildman–Crippen MR) is 80.9 cm³/mol. The molecule has 0 unspecified atom stereocenters. The topological polar surface area (TPSA) is 36.3 Å². The molecule has 20 heavy (non-hydrogen) atoms. The summed E-state index contributed by atoms with van der Waals surface area (Å²) in [6, 6.07) is 14.9. The monoisotopic (exact) mass is 266 g/mol.